The largest absolute Gasteiger partial charge is 0.462 e. The molecule has 0 aromatic carbocycles. The summed E-state index contributed by atoms with van der Waals surface area (Å²) in [5.74, 6) is -0.970. The lowest BCUT2D eigenvalue weighted by atomic mass is 10.2. The number of esters is 1. The number of thioether (sulfide) groups is 1. The fourth-order valence-electron chi connectivity index (χ4n) is 3.48. The highest BCUT2D eigenvalue weighted by Crippen LogP contribution is 2.14. The lowest BCUT2D eigenvalue weighted by Crippen LogP contribution is -2.33. The van der Waals surface area contributed by atoms with Gasteiger partial charge in [-0.05, 0) is 43.4 Å². The van der Waals surface area contributed by atoms with Gasteiger partial charge >= 0.3 is 5.97 Å². The molecule has 0 aliphatic carbocycles. The van der Waals surface area contributed by atoms with Crippen molar-refractivity contribution in [2.75, 3.05) is 12.4 Å². The third-order valence-electron chi connectivity index (χ3n) is 5.08. The van der Waals surface area contributed by atoms with Crippen molar-refractivity contribution in [3.63, 3.8) is 0 Å². The number of rotatable bonds is 9. The van der Waals surface area contributed by atoms with E-state index in [1.807, 2.05) is 19.9 Å². The fraction of sp³-hybridized carbons (Fsp3) is 0.320. The minimum absolute atomic E-state index is 0.0666. The molecule has 9 heteroatoms. The van der Waals surface area contributed by atoms with Crippen LogP contribution in [-0.4, -0.2) is 38.2 Å². The minimum atomic E-state index is -0.644. The van der Waals surface area contributed by atoms with Crippen molar-refractivity contribution >= 4 is 40.3 Å². The number of allylic oxidation sites excluding steroid dienone is 2. The first-order valence-electron chi connectivity index (χ1n) is 11.1. The third kappa shape index (κ3) is 5.36. The van der Waals surface area contributed by atoms with Gasteiger partial charge in [0.2, 0.25) is 0 Å². The number of nitrogens with zero attached hydrogens (tertiary/aromatic N) is 4. The molecule has 0 unspecified atom stereocenters. The topological polar surface area (TPSA) is 95.0 Å². The lowest BCUT2D eigenvalue weighted by molar-refractivity contribution is -0.115. The Morgan fingerprint density at radius 1 is 1.29 bits per heavy atom. The summed E-state index contributed by atoms with van der Waals surface area (Å²) in [6.45, 7) is 9.79. The summed E-state index contributed by atoms with van der Waals surface area (Å²) < 4.78 is 8.39. The zero-order valence-electron chi connectivity index (χ0n) is 19.6. The molecular formula is C25H28N4O4S. The molecule has 178 valence electrons. The van der Waals surface area contributed by atoms with Gasteiger partial charge in [0.15, 0.2) is 5.49 Å². The maximum atomic E-state index is 13.4. The number of ether oxygens (including phenoxy) is 1. The normalized spacial score (nSPS) is 12.0. The monoisotopic (exact) mass is 480 g/mol. The molecule has 0 radical (unpaired) electrons. The molecule has 3 aromatic rings. The molecule has 3 heterocycles. The van der Waals surface area contributed by atoms with Crippen molar-refractivity contribution in [1.29, 1.82) is 0 Å². The van der Waals surface area contributed by atoms with Crippen LogP contribution < -0.4 is 11.0 Å². The van der Waals surface area contributed by atoms with Crippen LogP contribution in [0, 0.1) is 6.92 Å². The van der Waals surface area contributed by atoms with E-state index in [1.165, 1.54) is 22.2 Å². The number of hydrogen-bond donors (Lipinski definition) is 0. The summed E-state index contributed by atoms with van der Waals surface area (Å²) in [4.78, 5) is 48.0. The number of aromatic nitrogens is 3. The van der Waals surface area contributed by atoms with Gasteiger partial charge in [0.25, 0.3) is 11.5 Å². The van der Waals surface area contributed by atoms with Crippen LogP contribution in [0.4, 0.5) is 0 Å². The summed E-state index contributed by atoms with van der Waals surface area (Å²) >= 11 is 1.27. The number of hydrogen-bond acceptors (Lipinski definition) is 6. The van der Waals surface area contributed by atoms with E-state index in [0.717, 1.165) is 18.4 Å². The second kappa shape index (κ2) is 11.6. The summed E-state index contributed by atoms with van der Waals surface area (Å²) in [6, 6.07) is 5.09. The maximum absolute atomic E-state index is 13.4. The van der Waals surface area contributed by atoms with E-state index < -0.39 is 11.9 Å². The quantitative estimate of drug-likeness (QED) is 0.263. The minimum Gasteiger partial charge on any atom is -0.462 e. The average Bonchev–Trinajstić information content (AvgIpc) is 2.82. The van der Waals surface area contributed by atoms with E-state index in [9.17, 15) is 14.4 Å². The standard InChI is InChI=1S/C25H28N4O4S/c1-5-8-12-28-22-18(24(31)29-13-10-11-17(4)21(29)27-22)15-19(25(32)33-7-3)23(28)26-20(30)16-34-14-9-6-2/h6,9-11,13-15H,2,5,7-8,12,16H2,1,3-4H3/b14-9+,26-23?. The average molecular weight is 481 g/mol. The van der Waals surface area contributed by atoms with Crippen molar-refractivity contribution in [3.05, 3.63) is 75.5 Å². The van der Waals surface area contributed by atoms with Crippen LogP contribution >= 0.6 is 11.8 Å². The highest BCUT2D eigenvalue weighted by atomic mass is 32.2. The highest BCUT2D eigenvalue weighted by molar-refractivity contribution is 8.02. The molecule has 34 heavy (non-hydrogen) atoms. The van der Waals surface area contributed by atoms with Crippen LogP contribution in [0.3, 0.4) is 0 Å². The van der Waals surface area contributed by atoms with Crippen LogP contribution in [0.2, 0.25) is 0 Å². The van der Waals surface area contributed by atoms with E-state index in [1.54, 1.807) is 41.3 Å². The second-order valence-corrected chi connectivity index (χ2v) is 8.42. The lowest BCUT2D eigenvalue weighted by Gasteiger charge is -2.15. The van der Waals surface area contributed by atoms with Crippen molar-refractivity contribution in [3.8, 4) is 0 Å². The van der Waals surface area contributed by atoms with Crippen LogP contribution in [0.1, 0.15) is 42.6 Å². The number of unbranched alkanes of at least 4 members (excludes halogenated alkanes) is 1. The molecule has 0 aliphatic rings. The Morgan fingerprint density at radius 3 is 2.79 bits per heavy atom. The van der Waals surface area contributed by atoms with E-state index in [-0.39, 0.29) is 34.4 Å². The number of aryl methyl sites for hydroxylation is 2. The molecule has 0 spiro atoms. The summed E-state index contributed by atoms with van der Waals surface area (Å²) in [5, 5.41) is 2.01. The molecule has 0 aliphatic heterocycles. The van der Waals surface area contributed by atoms with Crippen molar-refractivity contribution in [1.82, 2.24) is 14.0 Å². The highest BCUT2D eigenvalue weighted by Gasteiger charge is 2.20. The van der Waals surface area contributed by atoms with Crippen LogP contribution in [0.15, 0.2) is 58.3 Å². The molecule has 0 bridgehead atoms. The molecule has 0 fully saturated rings. The Kier molecular flexibility index (Phi) is 8.59. The Hall–Kier alpha value is -3.46. The number of amides is 1. The SMILES string of the molecule is C=C/C=C/SCC(=O)N=c1c(C(=O)OCC)cc2c(=O)n3cccc(C)c3nc2n1CCCC. The zero-order valence-corrected chi connectivity index (χ0v) is 20.4. The van der Waals surface area contributed by atoms with Gasteiger partial charge in [0.05, 0.1) is 17.7 Å². The molecule has 0 N–H and O–H groups in total. The summed E-state index contributed by atoms with van der Waals surface area (Å²) in [5.41, 5.74) is 1.64. The zero-order chi connectivity index (χ0) is 24.7. The maximum Gasteiger partial charge on any atom is 0.341 e. The molecule has 1 amide bonds. The number of carbonyl (C=O) groups excluding carboxylic acids is 2. The Bertz CT molecular complexity index is 1400. The Balaban J connectivity index is 2.38. The number of fused-ring (bicyclic) bond motifs is 2. The van der Waals surface area contributed by atoms with Crippen molar-refractivity contribution < 1.29 is 14.3 Å². The fourth-order valence-corrected chi connectivity index (χ4v) is 4.00. The van der Waals surface area contributed by atoms with Gasteiger partial charge in [-0.2, -0.15) is 4.99 Å². The van der Waals surface area contributed by atoms with Gasteiger partial charge in [0, 0.05) is 12.7 Å². The Morgan fingerprint density at radius 2 is 2.09 bits per heavy atom. The predicted molar refractivity (Wildman–Crippen MR) is 135 cm³/mol. The van der Waals surface area contributed by atoms with Crippen LogP contribution in [0.5, 0.6) is 0 Å². The van der Waals surface area contributed by atoms with Gasteiger partial charge in [-0.3, -0.25) is 14.0 Å². The molecule has 3 rings (SSSR count). The van der Waals surface area contributed by atoms with Gasteiger partial charge in [-0.1, -0.05) is 38.1 Å². The molecule has 0 atom stereocenters. The van der Waals surface area contributed by atoms with Crippen LogP contribution in [-0.2, 0) is 16.1 Å². The molecule has 8 nitrogen and oxygen atoms in total. The Labute approximate surface area is 201 Å². The van der Waals surface area contributed by atoms with E-state index in [2.05, 4.69) is 11.6 Å². The first-order chi connectivity index (χ1) is 16.4. The van der Waals surface area contributed by atoms with Gasteiger partial charge < -0.3 is 9.30 Å². The van der Waals surface area contributed by atoms with Crippen molar-refractivity contribution in [2.45, 2.75) is 40.2 Å². The number of pyridine rings is 2. The predicted octanol–water partition coefficient (Wildman–Crippen LogP) is 3.79. The first kappa shape index (κ1) is 25.2. The summed E-state index contributed by atoms with van der Waals surface area (Å²) in [7, 11) is 0. The van der Waals surface area contributed by atoms with E-state index >= 15 is 0 Å². The number of carbonyl (C=O) groups is 2. The van der Waals surface area contributed by atoms with Gasteiger partial charge in [-0.25, -0.2) is 9.78 Å². The van der Waals surface area contributed by atoms with Crippen molar-refractivity contribution in [2.24, 2.45) is 4.99 Å². The van der Waals surface area contributed by atoms with E-state index in [4.69, 9.17) is 9.72 Å². The third-order valence-corrected chi connectivity index (χ3v) is 5.85. The van der Waals surface area contributed by atoms with E-state index in [0.29, 0.717) is 17.8 Å². The van der Waals surface area contributed by atoms with Crippen LogP contribution in [0.25, 0.3) is 16.7 Å². The second-order valence-electron chi connectivity index (χ2n) is 7.53. The van der Waals surface area contributed by atoms with Gasteiger partial charge in [0.1, 0.15) is 16.9 Å². The smallest absolute Gasteiger partial charge is 0.341 e. The summed E-state index contributed by atoms with van der Waals surface area (Å²) in [6.07, 6.45) is 6.59. The molecule has 0 saturated carbocycles. The molecule has 0 saturated heterocycles. The molecule has 3 aromatic heterocycles. The molecular weight excluding hydrogens is 452 g/mol. The first-order valence-corrected chi connectivity index (χ1v) is 12.2. The van der Waals surface area contributed by atoms with Gasteiger partial charge in [-0.15, -0.1) is 11.8 Å².